The van der Waals surface area contributed by atoms with Gasteiger partial charge in [-0.3, -0.25) is 0 Å². The molecule has 21 heavy (non-hydrogen) atoms. The predicted octanol–water partition coefficient (Wildman–Crippen LogP) is 3.36. The van der Waals surface area contributed by atoms with Gasteiger partial charge in [-0.25, -0.2) is 4.79 Å². The number of nitrogens with two attached hydrogens (primary N) is 1. The third-order valence-corrected chi connectivity index (χ3v) is 3.92. The molecule has 0 saturated heterocycles. The second-order valence-electron chi connectivity index (χ2n) is 5.47. The fraction of sp³-hybridized carbons (Fsp3) is 0.235. The number of nitrogen functional groups attached to an aromatic ring is 1. The topological polar surface area (TPSA) is 66.6 Å². The zero-order valence-corrected chi connectivity index (χ0v) is 12.0. The van der Waals surface area contributed by atoms with E-state index >= 15 is 0 Å². The average Bonchev–Trinajstić information content (AvgIpc) is 2.46. The summed E-state index contributed by atoms with van der Waals surface area (Å²) in [5.74, 6) is -0.956. The van der Waals surface area contributed by atoms with Crippen molar-refractivity contribution in [2.75, 3.05) is 17.2 Å². The summed E-state index contributed by atoms with van der Waals surface area (Å²) >= 11 is 0. The second kappa shape index (κ2) is 5.13. The summed E-state index contributed by atoms with van der Waals surface area (Å²) in [5, 5.41) is 9.03. The Morgan fingerprint density at radius 1 is 1.19 bits per heavy atom. The Kier molecular flexibility index (Phi) is 3.29. The third-order valence-electron chi connectivity index (χ3n) is 3.92. The first-order chi connectivity index (χ1) is 10.1. The van der Waals surface area contributed by atoms with E-state index in [0.29, 0.717) is 5.69 Å². The summed E-state index contributed by atoms with van der Waals surface area (Å²) < 4.78 is 0. The summed E-state index contributed by atoms with van der Waals surface area (Å²) in [6, 6.07) is 11.4. The van der Waals surface area contributed by atoms with Crippen molar-refractivity contribution in [3.8, 4) is 0 Å². The molecule has 0 saturated carbocycles. The number of nitrogens with zero attached hydrogens (tertiary/aromatic N) is 1. The number of hydrogen-bond acceptors (Lipinski definition) is 3. The minimum atomic E-state index is -0.956. The number of aromatic carboxylic acids is 1. The fourth-order valence-corrected chi connectivity index (χ4v) is 2.91. The van der Waals surface area contributed by atoms with Crippen molar-refractivity contribution < 1.29 is 9.90 Å². The Labute approximate surface area is 123 Å². The molecular weight excluding hydrogens is 264 g/mol. The molecule has 2 aromatic rings. The van der Waals surface area contributed by atoms with Gasteiger partial charge in [-0.15, -0.1) is 0 Å². The van der Waals surface area contributed by atoms with E-state index in [1.165, 1.54) is 22.9 Å². The summed E-state index contributed by atoms with van der Waals surface area (Å²) in [5.41, 5.74) is 11.4. The summed E-state index contributed by atoms with van der Waals surface area (Å²) in [6.07, 6.45) is 2.14. The van der Waals surface area contributed by atoms with Crippen LogP contribution in [0.1, 0.15) is 27.9 Å². The van der Waals surface area contributed by atoms with E-state index in [2.05, 4.69) is 30.0 Å². The largest absolute Gasteiger partial charge is 0.478 e. The van der Waals surface area contributed by atoms with Gasteiger partial charge in [-0.2, -0.15) is 0 Å². The van der Waals surface area contributed by atoms with Crippen LogP contribution in [0.3, 0.4) is 0 Å². The lowest BCUT2D eigenvalue weighted by Gasteiger charge is -2.32. The molecule has 2 aromatic carbocycles. The van der Waals surface area contributed by atoms with Gasteiger partial charge in [0.2, 0.25) is 0 Å². The Bertz CT molecular complexity index is 710. The van der Waals surface area contributed by atoms with Gasteiger partial charge in [0.1, 0.15) is 0 Å². The van der Waals surface area contributed by atoms with Gasteiger partial charge in [-0.1, -0.05) is 17.7 Å². The van der Waals surface area contributed by atoms with Crippen molar-refractivity contribution in [1.29, 1.82) is 0 Å². The average molecular weight is 282 g/mol. The number of rotatable bonds is 2. The van der Waals surface area contributed by atoms with Gasteiger partial charge >= 0.3 is 5.97 Å². The normalized spacial score (nSPS) is 13.9. The number of carboxylic acids is 1. The molecule has 3 rings (SSSR count). The van der Waals surface area contributed by atoms with E-state index in [-0.39, 0.29) is 5.56 Å². The standard InChI is InChI=1S/C17H18N2O2/c1-11-4-6-15-12(9-11)3-2-8-19(15)16-7-5-13(17(20)21)10-14(16)18/h4-7,9-10H,2-3,8,18H2,1H3,(H,20,21). The molecule has 0 spiro atoms. The number of carbonyl (C=O) groups is 1. The first kappa shape index (κ1) is 13.5. The SMILES string of the molecule is Cc1ccc2c(c1)CCCN2c1ccc(C(=O)O)cc1N. The van der Waals surface area contributed by atoms with Gasteiger partial charge < -0.3 is 15.7 Å². The minimum absolute atomic E-state index is 0.220. The molecule has 3 N–H and O–H groups in total. The molecule has 0 fully saturated rings. The van der Waals surface area contributed by atoms with Gasteiger partial charge in [0.05, 0.1) is 16.9 Å². The van der Waals surface area contributed by atoms with Gasteiger partial charge in [0, 0.05) is 12.2 Å². The first-order valence-electron chi connectivity index (χ1n) is 7.06. The van der Waals surface area contributed by atoms with E-state index in [0.717, 1.165) is 25.1 Å². The van der Waals surface area contributed by atoms with Crippen LogP contribution in [0.2, 0.25) is 0 Å². The monoisotopic (exact) mass is 282 g/mol. The molecule has 1 aliphatic heterocycles. The van der Waals surface area contributed by atoms with E-state index in [1.807, 2.05) is 0 Å². The molecule has 4 nitrogen and oxygen atoms in total. The maximum absolute atomic E-state index is 11.0. The van der Waals surface area contributed by atoms with Crippen molar-refractivity contribution in [2.45, 2.75) is 19.8 Å². The Hall–Kier alpha value is -2.49. The van der Waals surface area contributed by atoms with Crippen LogP contribution in [0.25, 0.3) is 0 Å². The van der Waals surface area contributed by atoms with Gasteiger partial charge in [0.25, 0.3) is 0 Å². The van der Waals surface area contributed by atoms with Crippen molar-refractivity contribution in [3.63, 3.8) is 0 Å². The number of carboxylic acid groups (broad SMARTS) is 1. The summed E-state index contributed by atoms with van der Waals surface area (Å²) in [4.78, 5) is 13.2. The lowest BCUT2D eigenvalue weighted by Crippen LogP contribution is -2.25. The molecule has 0 bridgehead atoms. The number of fused-ring (bicyclic) bond motifs is 1. The van der Waals surface area contributed by atoms with E-state index in [4.69, 9.17) is 10.8 Å². The zero-order chi connectivity index (χ0) is 15.0. The highest BCUT2D eigenvalue weighted by Crippen LogP contribution is 2.37. The van der Waals surface area contributed by atoms with Gasteiger partial charge in [-0.05, 0) is 49.6 Å². The number of benzene rings is 2. The molecule has 0 amide bonds. The van der Waals surface area contributed by atoms with Crippen LogP contribution in [0.4, 0.5) is 17.1 Å². The second-order valence-corrected chi connectivity index (χ2v) is 5.47. The predicted molar refractivity (Wildman–Crippen MR) is 84.3 cm³/mol. The highest BCUT2D eigenvalue weighted by Gasteiger charge is 2.20. The molecule has 4 heteroatoms. The van der Waals surface area contributed by atoms with Crippen LogP contribution in [0.15, 0.2) is 36.4 Å². The van der Waals surface area contributed by atoms with E-state index < -0.39 is 5.97 Å². The molecule has 0 atom stereocenters. The zero-order valence-electron chi connectivity index (χ0n) is 12.0. The van der Waals surface area contributed by atoms with Crippen LogP contribution in [-0.4, -0.2) is 17.6 Å². The number of anilines is 3. The van der Waals surface area contributed by atoms with Crippen LogP contribution in [0, 0.1) is 6.92 Å². The molecule has 108 valence electrons. The fourth-order valence-electron chi connectivity index (χ4n) is 2.91. The highest BCUT2D eigenvalue weighted by molar-refractivity contribution is 5.91. The van der Waals surface area contributed by atoms with E-state index in [9.17, 15) is 4.79 Å². The van der Waals surface area contributed by atoms with Crippen LogP contribution < -0.4 is 10.6 Å². The smallest absolute Gasteiger partial charge is 0.335 e. The van der Waals surface area contributed by atoms with Gasteiger partial charge in [0.15, 0.2) is 0 Å². The summed E-state index contributed by atoms with van der Waals surface area (Å²) in [6.45, 7) is 2.99. The van der Waals surface area contributed by atoms with Crippen molar-refractivity contribution in [3.05, 3.63) is 53.1 Å². The maximum atomic E-state index is 11.0. The molecule has 1 aliphatic rings. The van der Waals surface area contributed by atoms with Crippen molar-refractivity contribution in [2.24, 2.45) is 0 Å². The van der Waals surface area contributed by atoms with Crippen molar-refractivity contribution >= 4 is 23.0 Å². The Morgan fingerprint density at radius 3 is 2.67 bits per heavy atom. The number of aryl methyl sites for hydroxylation is 2. The Morgan fingerprint density at radius 2 is 1.95 bits per heavy atom. The molecule has 0 unspecified atom stereocenters. The highest BCUT2D eigenvalue weighted by atomic mass is 16.4. The maximum Gasteiger partial charge on any atom is 0.335 e. The first-order valence-corrected chi connectivity index (χ1v) is 7.06. The molecular formula is C17H18N2O2. The molecule has 0 aliphatic carbocycles. The quantitative estimate of drug-likeness (QED) is 0.829. The Balaban J connectivity index is 2.05. The summed E-state index contributed by atoms with van der Waals surface area (Å²) in [7, 11) is 0. The van der Waals surface area contributed by atoms with Crippen molar-refractivity contribution in [1.82, 2.24) is 0 Å². The van der Waals surface area contributed by atoms with Crippen LogP contribution in [0.5, 0.6) is 0 Å². The number of hydrogen-bond donors (Lipinski definition) is 2. The van der Waals surface area contributed by atoms with Crippen LogP contribution in [-0.2, 0) is 6.42 Å². The third kappa shape index (κ3) is 2.44. The molecule has 0 aromatic heterocycles. The molecule has 1 heterocycles. The minimum Gasteiger partial charge on any atom is -0.478 e. The lowest BCUT2D eigenvalue weighted by atomic mass is 9.98. The van der Waals surface area contributed by atoms with Crippen LogP contribution >= 0.6 is 0 Å². The molecule has 0 radical (unpaired) electrons. The van der Waals surface area contributed by atoms with E-state index in [1.54, 1.807) is 12.1 Å². The lowest BCUT2D eigenvalue weighted by molar-refractivity contribution is 0.0697.